The molecule has 1 heterocycles. The minimum Gasteiger partial charge on any atom is -0.756 e. The lowest BCUT2D eigenvalue weighted by atomic mass is 10.00. The molecular formula is C16H14NO3-. The van der Waals surface area contributed by atoms with Gasteiger partial charge >= 0.3 is 0 Å². The molecule has 0 N–H and O–H groups in total. The van der Waals surface area contributed by atoms with Gasteiger partial charge < -0.3 is 15.0 Å². The Hall–Kier alpha value is -2.33. The maximum atomic E-state index is 11.7. The molecule has 1 amide bonds. The highest BCUT2D eigenvalue weighted by Crippen LogP contribution is 2.24. The lowest BCUT2D eigenvalue weighted by molar-refractivity contribution is 0.0809. The molecule has 4 heteroatoms. The van der Waals surface area contributed by atoms with Gasteiger partial charge in [0.15, 0.2) is 0 Å². The zero-order chi connectivity index (χ0) is 13.9. The molecule has 1 aliphatic rings. The Bertz CT molecular complexity index is 625. The van der Waals surface area contributed by atoms with E-state index >= 15 is 0 Å². The van der Waals surface area contributed by atoms with Crippen LogP contribution in [0.1, 0.15) is 21.5 Å². The van der Waals surface area contributed by atoms with E-state index < -0.39 is 5.91 Å². The van der Waals surface area contributed by atoms with Gasteiger partial charge in [-0.1, -0.05) is 30.3 Å². The molecule has 0 bridgehead atoms. The van der Waals surface area contributed by atoms with Crippen molar-refractivity contribution in [1.29, 1.82) is 0 Å². The Morgan fingerprint density at radius 1 is 1.15 bits per heavy atom. The Morgan fingerprint density at radius 3 is 2.75 bits per heavy atom. The SMILES string of the molecule is O=C1c2ccc(OCc3ccccc3)cc2CCN1[O-]. The first-order valence-corrected chi connectivity index (χ1v) is 6.53. The van der Waals surface area contributed by atoms with Crippen molar-refractivity contribution in [2.24, 2.45) is 0 Å². The van der Waals surface area contributed by atoms with Crippen LogP contribution < -0.4 is 4.74 Å². The maximum Gasteiger partial charge on any atom is 0.243 e. The highest BCUT2D eigenvalue weighted by Gasteiger charge is 2.18. The number of benzene rings is 2. The number of fused-ring (bicyclic) bond motifs is 1. The van der Waals surface area contributed by atoms with Crippen molar-refractivity contribution in [3.8, 4) is 5.75 Å². The molecule has 0 fully saturated rings. The summed E-state index contributed by atoms with van der Waals surface area (Å²) in [6.45, 7) is 0.704. The molecular weight excluding hydrogens is 254 g/mol. The summed E-state index contributed by atoms with van der Waals surface area (Å²) in [5, 5.41) is 11.8. The molecule has 2 aromatic carbocycles. The number of hydroxylamine groups is 2. The van der Waals surface area contributed by atoms with Crippen molar-refractivity contribution in [2.75, 3.05) is 6.54 Å². The summed E-state index contributed by atoms with van der Waals surface area (Å²) in [6.07, 6.45) is 0.576. The fraction of sp³-hybridized carbons (Fsp3) is 0.188. The lowest BCUT2D eigenvalue weighted by Crippen LogP contribution is -2.32. The monoisotopic (exact) mass is 268 g/mol. The molecule has 0 saturated carbocycles. The fourth-order valence-corrected chi connectivity index (χ4v) is 2.27. The summed E-state index contributed by atoms with van der Waals surface area (Å²) in [5.74, 6) is 0.264. The van der Waals surface area contributed by atoms with E-state index in [-0.39, 0.29) is 6.54 Å². The molecule has 0 atom stereocenters. The number of ether oxygens (including phenoxy) is 1. The Balaban J connectivity index is 1.75. The number of carbonyl (C=O) groups excluding carboxylic acids is 1. The molecule has 0 spiro atoms. The van der Waals surface area contributed by atoms with Gasteiger partial charge in [0.25, 0.3) is 0 Å². The number of nitrogens with zero attached hydrogens (tertiary/aromatic N) is 1. The van der Waals surface area contributed by atoms with E-state index in [4.69, 9.17) is 4.74 Å². The second-order valence-electron chi connectivity index (χ2n) is 4.75. The normalized spacial score (nSPS) is 14.1. The molecule has 102 valence electrons. The van der Waals surface area contributed by atoms with Crippen LogP contribution in [-0.4, -0.2) is 17.5 Å². The van der Waals surface area contributed by atoms with Gasteiger partial charge in [-0.25, -0.2) is 0 Å². The number of hydrogen-bond donors (Lipinski definition) is 0. The fourth-order valence-electron chi connectivity index (χ4n) is 2.27. The van der Waals surface area contributed by atoms with Crippen LogP contribution in [0.4, 0.5) is 0 Å². The third kappa shape index (κ3) is 2.51. The Kier molecular flexibility index (Phi) is 3.39. The van der Waals surface area contributed by atoms with E-state index in [1.165, 1.54) is 0 Å². The van der Waals surface area contributed by atoms with Crippen LogP contribution in [0.25, 0.3) is 0 Å². The highest BCUT2D eigenvalue weighted by atomic mass is 16.5. The smallest absolute Gasteiger partial charge is 0.243 e. The van der Waals surface area contributed by atoms with Gasteiger partial charge in [-0.3, -0.25) is 4.79 Å². The molecule has 4 nitrogen and oxygen atoms in total. The predicted molar refractivity (Wildman–Crippen MR) is 75.3 cm³/mol. The van der Waals surface area contributed by atoms with Gasteiger partial charge in [0.05, 0.1) is 0 Å². The maximum absolute atomic E-state index is 11.7. The number of carbonyl (C=O) groups is 1. The highest BCUT2D eigenvalue weighted by molar-refractivity contribution is 5.97. The van der Waals surface area contributed by atoms with Crippen molar-refractivity contribution in [1.82, 2.24) is 5.06 Å². The van der Waals surface area contributed by atoms with Crippen molar-refractivity contribution >= 4 is 5.91 Å². The van der Waals surface area contributed by atoms with Crippen LogP contribution in [0.5, 0.6) is 5.75 Å². The second-order valence-corrected chi connectivity index (χ2v) is 4.75. The number of hydrogen-bond acceptors (Lipinski definition) is 3. The van der Waals surface area contributed by atoms with Crippen molar-refractivity contribution in [3.63, 3.8) is 0 Å². The van der Waals surface area contributed by atoms with Gasteiger partial charge in [-0.05, 0) is 35.7 Å². The van der Waals surface area contributed by atoms with Crippen LogP contribution in [0.15, 0.2) is 48.5 Å². The summed E-state index contributed by atoms with van der Waals surface area (Å²) in [5.41, 5.74) is 2.46. The molecule has 0 radical (unpaired) electrons. The first-order chi connectivity index (χ1) is 9.74. The Labute approximate surface area is 117 Å². The van der Waals surface area contributed by atoms with Gasteiger partial charge in [0.1, 0.15) is 12.4 Å². The van der Waals surface area contributed by atoms with E-state index in [1.54, 1.807) is 12.1 Å². The summed E-state index contributed by atoms with van der Waals surface area (Å²) >= 11 is 0. The third-order valence-corrected chi connectivity index (χ3v) is 3.37. The minimum atomic E-state index is -0.458. The first kappa shape index (κ1) is 12.7. The molecule has 0 aliphatic carbocycles. The lowest BCUT2D eigenvalue weighted by Gasteiger charge is -2.33. The van der Waals surface area contributed by atoms with Crippen LogP contribution in [0, 0.1) is 5.21 Å². The van der Waals surface area contributed by atoms with Crippen molar-refractivity contribution < 1.29 is 9.53 Å². The van der Waals surface area contributed by atoms with E-state index in [0.29, 0.717) is 23.7 Å². The van der Waals surface area contributed by atoms with Gasteiger partial charge in [0.2, 0.25) is 5.91 Å². The standard InChI is InChI=1S/C16H14NO3/c18-16-15-7-6-14(10-13(15)8-9-17(16)19)20-11-12-4-2-1-3-5-12/h1-7,10H,8-9,11H2/q-1. The van der Waals surface area contributed by atoms with E-state index in [9.17, 15) is 10.0 Å². The Morgan fingerprint density at radius 2 is 1.95 bits per heavy atom. The van der Waals surface area contributed by atoms with Gasteiger partial charge in [-0.2, -0.15) is 0 Å². The quantitative estimate of drug-likeness (QED) is 0.860. The molecule has 0 aromatic heterocycles. The van der Waals surface area contributed by atoms with Crippen LogP contribution in [0.3, 0.4) is 0 Å². The zero-order valence-corrected chi connectivity index (χ0v) is 10.9. The first-order valence-electron chi connectivity index (χ1n) is 6.53. The van der Waals surface area contributed by atoms with Crippen molar-refractivity contribution in [3.05, 3.63) is 70.4 Å². The average Bonchev–Trinajstić information content (AvgIpc) is 2.50. The van der Waals surface area contributed by atoms with Gasteiger partial charge in [0, 0.05) is 12.1 Å². The molecule has 0 saturated heterocycles. The summed E-state index contributed by atoms with van der Waals surface area (Å²) in [7, 11) is 0. The topological polar surface area (TPSA) is 52.6 Å². The summed E-state index contributed by atoms with van der Waals surface area (Å²) < 4.78 is 5.72. The number of amides is 1. The number of rotatable bonds is 3. The average molecular weight is 268 g/mol. The van der Waals surface area contributed by atoms with E-state index in [2.05, 4.69) is 0 Å². The molecule has 20 heavy (non-hydrogen) atoms. The van der Waals surface area contributed by atoms with Crippen LogP contribution >= 0.6 is 0 Å². The second kappa shape index (κ2) is 5.35. The molecule has 0 unspecified atom stereocenters. The summed E-state index contributed by atoms with van der Waals surface area (Å²) in [6, 6.07) is 15.1. The van der Waals surface area contributed by atoms with Crippen LogP contribution in [0.2, 0.25) is 0 Å². The largest absolute Gasteiger partial charge is 0.756 e. The molecule has 3 rings (SSSR count). The molecule has 1 aliphatic heterocycles. The van der Waals surface area contributed by atoms with Gasteiger partial charge in [-0.15, -0.1) is 0 Å². The van der Waals surface area contributed by atoms with E-state index in [0.717, 1.165) is 16.9 Å². The minimum absolute atomic E-state index is 0.216. The predicted octanol–water partition coefficient (Wildman–Crippen LogP) is 2.76. The van der Waals surface area contributed by atoms with Crippen molar-refractivity contribution in [2.45, 2.75) is 13.0 Å². The molecule has 2 aromatic rings. The van der Waals surface area contributed by atoms with Crippen LogP contribution in [-0.2, 0) is 13.0 Å². The summed E-state index contributed by atoms with van der Waals surface area (Å²) in [4.78, 5) is 11.7. The zero-order valence-electron chi connectivity index (χ0n) is 10.9. The third-order valence-electron chi connectivity index (χ3n) is 3.37. The van der Waals surface area contributed by atoms with E-state index in [1.807, 2.05) is 36.4 Å².